The average molecular weight is 468 g/mol. The molecule has 2 aliphatic heterocycles. The number of hydrogen-bond acceptors (Lipinski definition) is 6. The lowest BCUT2D eigenvalue weighted by molar-refractivity contribution is -0.113. The third kappa shape index (κ3) is 4.19. The summed E-state index contributed by atoms with van der Waals surface area (Å²) in [4.78, 5) is 18.6. The molecule has 2 aliphatic rings. The van der Waals surface area contributed by atoms with Crippen molar-refractivity contribution >= 4 is 55.6 Å². The number of rotatable bonds is 4. The number of hydrogen-bond donors (Lipinski definition) is 1. The number of carbonyl (C=O) groups excluding carboxylic acids is 1. The van der Waals surface area contributed by atoms with E-state index in [1.165, 1.54) is 6.07 Å². The Kier molecular flexibility index (Phi) is 5.78. The minimum Gasteiger partial charge on any atom is -0.325 e. The third-order valence-corrected chi connectivity index (χ3v) is 8.17. The topological polar surface area (TPSA) is 78.8 Å². The van der Waals surface area contributed by atoms with Gasteiger partial charge in [0.05, 0.1) is 35.0 Å². The van der Waals surface area contributed by atoms with Gasteiger partial charge in [-0.15, -0.1) is 0 Å². The first kappa shape index (κ1) is 21.1. The number of aliphatic imine (C=N–C) groups is 1. The van der Waals surface area contributed by atoms with Gasteiger partial charge in [0.15, 0.2) is 15.0 Å². The van der Waals surface area contributed by atoms with Crippen LogP contribution in [0.1, 0.15) is 5.56 Å². The van der Waals surface area contributed by atoms with Gasteiger partial charge in [-0.2, -0.15) is 0 Å². The highest BCUT2D eigenvalue weighted by Crippen LogP contribution is 2.36. The smallest absolute Gasteiger partial charge is 0.234 e. The summed E-state index contributed by atoms with van der Waals surface area (Å²) in [6.07, 6.45) is 0. The van der Waals surface area contributed by atoms with E-state index < -0.39 is 27.7 Å². The molecule has 0 aliphatic carbocycles. The Morgan fingerprint density at radius 3 is 2.80 bits per heavy atom. The molecule has 6 nitrogen and oxygen atoms in total. The lowest BCUT2D eigenvalue weighted by atomic mass is 10.1. The molecule has 158 valence electrons. The Morgan fingerprint density at radius 1 is 1.27 bits per heavy atom. The van der Waals surface area contributed by atoms with Crippen LogP contribution in [0, 0.1) is 12.7 Å². The Hall–Kier alpha value is -2.10. The number of nitrogens with one attached hydrogen (secondary N) is 1. The molecule has 1 fully saturated rings. The van der Waals surface area contributed by atoms with E-state index in [0.717, 1.165) is 17.3 Å². The summed E-state index contributed by atoms with van der Waals surface area (Å²) in [6, 6.07) is 10.5. The summed E-state index contributed by atoms with van der Waals surface area (Å²) in [6.45, 7) is 1.81. The number of amidine groups is 1. The maximum Gasteiger partial charge on any atom is 0.234 e. The fourth-order valence-corrected chi connectivity index (χ4v) is 6.56. The number of nitrogens with zero attached hydrogens (tertiary/aromatic N) is 2. The number of carbonyl (C=O) groups is 1. The number of benzene rings is 2. The Balaban J connectivity index is 1.52. The van der Waals surface area contributed by atoms with Crippen LogP contribution >= 0.6 is 23.4 Å². The zero-order chi connectivity index (χ0) is 21.5. The first-order valence-corrected chi connectivity index (χ1v) is 12.4. The predicted octanol–water partition coefficient (Wildman–Crippen LogP) is 3.50. The van der Waals surface area contributed by atoms with E-state index in [0.29, 0.717) is 15.9 Å². The second-order valence-corrected chi connectivity index (χ2v) is 10.7. The summed E-state index contributed by atoms with van der Waals surface area (Å²) in [5, 5.41) is 3.82. The van der Waals surface area contributed by atoms with E-state index >= 15 is 0 Å². The number of fused-ring (bicyclic) bond motifs is 1. The van der Waals surface area contributed by atoms with Gasteiger partial charge < -0.3 is 10.2 Å². The van der Waals surface area contributed by atoms with Crippen LogP contribution in [-0.2, 0) is 14.6 Å². The Morgan fingerprint density at radius 2 is 2.03 bits per heavy atom. The highest BCUT2D eigenvalue weighted by molar-refractivity contribution is 8.14. The van der Waals surface area contributed by atoms with Gasteiger partial charge in [-0.1, -0.05) is 41.6 Å². The van der Waals surface area contributed by atoms with Gasteiger partial charge in [0.2, 0.25) is 5.91 Å². The van der Waals surface area contributed by atoms with Gasteiger partial charge in [-0.05, 0) is 36.8 Å². The SMILES string of the molecule is Cc1c(Cl)cccc1NC(=O)CSC1=N[C@H]2CS(=O)(=O)C[C@H]2N1c1ccccc1F. The quantitative estimate of drug-likeness (QED) is 0.744. The van der Waals surface area contributed by atoms with Crippen molar-refractivity contribution in [3.63, 3.8) is 0 Å². The molecule has 30 heavy (non-hydrogen) atoms. The molecule has 0 spiro atoms. The molecule has 1 N–H and O–H groups in total. The van der Waals surface area contributed by atoms with Crippen molar-refractivity contribution in [2.75, 3.05) is 27.5 Å². The van der Waals surface area contributed by atoms with Crippen molar-refractivity contribution < 1.29 is 17.6 Å². The first-order chi connectivity index (χ1) is 14.2. The molecule has 10 heteroatoms. The molecule has 2 aromatic carbocycles. The monoisotopic (exact) mass is 467 g/mol. The molecule has 0 aromatic heterocycles. The fraction of sp³-hybridized carbons (Fsp3) is 0.300. The van der Waals surface area contributed by atoms with Gasteiger partial charge in [-0.3, -0.25) is 9.79 Å². The first-order valence-electron chi connectivity index (χ1n) is 9.25. The van der Waals surface area contributed by atoms with Crippen molar-refractivity contribution in [1.29, 1.82) is 0 Å². The normalized spacial score (nSPS) is 22.0. The molecule has 0 radical (unpaired) electrons. The van der Waals surface area contributed by atoms with E-state index in [4.69, 9.17) is 11.6 Å². The lowest BCUT2D eigenvalue weighted by Crippen LogP contribution is -2.40. The van der Waals surface area contributed by atoms with Gasteiger partial charge in [0.25, 0.3) is 0 Å². The van der Waals surface area contributed by atoms with Crippen LogP contribution in [0.15, 0.2) is 47.5 Å². The molecular weight excluding hydrogens is 449 g/mol. The molecule has 2 heterocycles. The molecule has 0 bridgehead atoms. The summed E-state index contributed by atoms with van der Waals surface area (Å²) >= 11 is 7.25. The van der Waals surface area contributed by atoms with Crippen LogP contribution in [-0.4, -0.2) is 48.8 Å². The molecule has 0 unspecified atom stereocenters. The van der Waals surface area contributed by atoms with E-state index in [9.17, 15) is 17.6 Å². The largest absolute Gasteiger partial charge is 0.325 e. The number of sulfone groups is 1. The minimum absolute atomic E-state index is 0.0436. The number of amides is 1. The highest BCUT2D eigenvalue weighted by atomic mass is 35.5. The molecular formula is C20H19ClFN3O3S2. The molecule has 4 rings (SSSR count). The van der Waals surface area contributed by atoms with E-state index in [1.54, 1.807) is 41.3 Å². The van der Waals surface area contributed by atoms with Gasteiger partial charge >= 0.3 is 0 Å². The molecule has 2 atom stereocenters. The standard InChI is InChI=1S/C20H19ClFN3O3S2/c1-12-13(21)5-4-7-15(12)23-19(26)9-29-20-24-16-10-30(27,28)11-18(16)25(20)17-8-3-2-6-14(17)22/h2-8,16,18H,9-11H2,1H3,(H,23,26)/t16-,18+/m0/s1. The van der Waals surface area contributed by atoms with Crippen LogP contribution in [0.4, 0.5) is 15.8 Å². The van der Waals surface area contributed by atoms with E-state index in [1.807, 2.05) is 6.92 Å². The number of anilines is 2. The second kappa shape index (κ2) is 8.20. The van der Waals surface area contributed by atoms with Crippen LogP contribution in [0.5, 0.6) is 0 Å². The van der Waals surface area contributed by atoms with Crippen molar-refractivity contribution in [3.05, 3.63) is 58.9 Å². The van der Waals surface area contributed by atoms with E-state index in [2.05, 4.69) is 10.3 Å². The lowest BCUT2D eigenvalue weighted by Gasteiger charge is -2.26. The summed E-state index contributed by atoms with van der Waals surface area (Å²) in [5.41, 5.74) is 1.65. The van der Waals surface area contributed by atoms with Crippen LogP contribution in [0.3, 0.4) is 0 Å². The molecule has 1 amide bonds. The zero-order valence-corrected chi connectivity index (χ0v) is 18.4. The number of para-hydroxylation sites is 1. The summed E-state index contributed by atoms with van der Waals surface area (Å²) in [7, 11) is -3.24. The second-order valence-electron chi connectivity index (χ2n) is 7.19. The predicted molar refractivity (Wildman–Crippen MR) is 120 cm³/mol. The molecule has 1 saturated heterocycles. The minimum atomic E-state index is -3.24. The van der Waals surface area contributed by atoms with Gasteiger partial charge in [0.1, 0.15) is 5.82 Å². The van der Waals surface area contributed by atoms with Gasteiger partial charge in [0, 0.05) is 10.7 Å². The maximum atomic E-state index is 14.5. The summed E-state index contributed by atoms with van der Waals surface area (Å²) in [5.74, 6) is -0.836. The Bertz CT molecular complexity index is 1140. The molecule has 2 aromatic rings. The van der Waals surface area contributed by atoms with Gasteiger partial charge in [-0.25, -0.2) is 12.8 Å². The van der Waals surface area contributed by atoms with Crippen molar-refractivity contribution in [1.82, 2.24) is 0 Å². The van der Waals surface area contributed by atoms with Crippen molar-refractivity contribution in [3.8, 4) is 0 Å². The Labute approximate surface area is 183 Å². The van der Waals surface area contributed by atoms with Crippen molar-refractivity contribution in [2.24, 2.45) is 4.99 Å². The third-order valence-electron chi connectivity index (χ3n) is 5.09. The molecule has 0 saturated carbocycles. The zero-order valence-electron chi connectivity index (χ0n) is 16.0. The highest BCUT2D eigenvalue weighted by Gasteiger charge is 2.47. The van der Waals surface area contributed by atoms with Crippen LogP contribution in [0.2, 0.25) is 5.02 Å². The summed E-state index contributed by atoms with van der Waals surface area (Å²) < 4.78 is 38.6. The maximum absolute atomic E-state index is 14.5. The van der Waals surface area contributed by atoms with Crippen LogP contribution in [0.25, 0.3) is 0 Å². The van der Waals surface area contributed by atoms with Crippen LogP contribution < -0.4 is 10.2 Å². The fourth-order valence-electron chi connectivity index (χ4n) is 3.62. The number of halogens is 2. The average Bonchev–Trinajstić information content (AvgIpc) is 3.15. The number of thioether (sulfide) groups is 1. The van der Waals surface area contributed by atoms with E-state index in [-0.39, 0.29) is 28.9 Å². The van der Waals surface area contributed by atoms with Crippen molar-refractivity contribution in [2.45, 2.75) is 19.0 Å².